The van der Waals surface area contributed by atoms with Crippen molar-refractivity contribution in [3.05, 3.63) is 88.4 Å². The number of hydrogen-bond acceptors (Lipinski definition) is 3. The number of nitrogens with zero attached hydrogens (tertiary/aromatic N) is 1. The summed E-state index contributed by atoms with van der Waals surface area (Å²) in [4.78, 5) is 0. The maximum absolute atomic E-state index is 5.94. The summed E-state index contributed by atoms with van der Waals surface area (Å²) in [6, 6.07) is 21.4. The molecule has 0 unspecified atom stereocenters. The second-order valence-corrected chi connectivity index (χ2v) is 6.31. The fraction of sp³-hybridized carbons (Fsp3) is 0.0952. The molecule has 0 aliphatic rings. The minimum Gasteiger partial charge on any atom is -0.457 e. The summed E-state index contributed by atoms with van der Waals surface area (Å²) >= 11 is 5.94. The first-order valence-electron chi connectivity index (χ1n) is 7.99. The van der Waals surface area contributed by atoms with Crippen LogP contribution in [0.25, 0.3) is 0 Å². The van der Waals surface area contributed by atoms with Gasteiger partial charge in [0, 0.05) is 5.02 Å². The van der Waals surface area contributed by atoms with E-state index in [9.17, 15) is 0 Å². The Morgan fingerprint density at radius 3 is 2.28 bits per heavy atom. The highest BCUT2D eigenvalue weighted by Gasteiger charge is 2.00. The van der Waals surface area contributed by atoms with E-state index in [-0.39, 0.29) is 0 Å². The predicted octanol–water partition coefficient (Wildman–Crippen LogP) is 6.20. The molecule has 3 aromatic carbocycles. The van der Waals surface area contributed by atoms with Crippen molar-refractivity contribution in [1.29, 1.82) is 0 Å². The molecule has 3 aromatic rings. The van der Waals surface area contributed by atoms with Gasteiger partial charge in [0.05, 0.1) is 11.9 Å². The summed E-state index contributed by atoms with van der Waals surface area (Å²) in [5.41, 5.74) is 7.15. The second kappa shape index (κ2) is 7.86. The van der Waals surface area contributed by atoms with E-state index in [1.165, 1.54) is 11.1 Å². The highest BCUT2D eigenvalue weighted by molar-refractivity contribution is 6.30. The number of ether oxygens (including phenoxy) is 1. The number of aryl methyl sites for hydroxylation is 2. The minimum absolute atomic E-state index is 0.674. The summed E-state index contributed by atoms with van der Waals surface area (Å²) in [6.07, 6.45) is 1.75. The Hall–Kier alpha value is -2.78. The Bertz CT molecular complexity index is 868. The van der Waals surface area contributed by atoms with Crippen molar-refractivity contribution < 1.29 is 4.74 Å². The van der Waals surface area contributed by atoms with Crippen LogP contribution in [0, 0.1) is 13.8 Å². The molecule has 1 N–H and O–H groups in total. The minimum atomic E-state index is 0.674. The molecule has 0 heterocycles. The van der Waals surface area contributed by atoms with Crippen molar-refractivity contribution in [2.75, 3.05) is 5.43 Å². The molecule has 0 atom stereocenters. The van der Waals surface area contributed by atoms with E-state index >= 15 is 0 Å². The molecule has 0 saturated heterocycles. The molecule has 0 saturated carbocycles. The van der Waals surface area contributed by atoms with Crippen molar-refractivity contribution in [2.24, 2.45) is 5.10 Å². The monoisotopic (exact) mass is 350 g/mol. The molecule has 0 aromatic heterocycles. The lowest BCUT2D eigenvalue weighted by molar-refractivity contribution is 0.482. The molecule has 0 spiro atoms. The third-order valence-electron chi connectivity index (χ3n) is 3.54. The van der Waals surface area contributed by atoms with Crippen LogP contribution in [0.2, 0.25) is 5.02 Å². The lowest BCUT2D eigenvalue weighted by Crippen LogP contribution is -1.91. The largest absolute Gasteiger partial charge is 0.457 e. The van der Waals surface area contributed by atoms with Crippen LogP contribution in [0.3, 0.4) is 0 Å². The van der Waals surface area contributed by atoms with Crippen molar-refractivity contribution >= 4 is 23.5 Å². The van der Waals surface area contributed by atoms with Gasteiger partial charge in [0.1, 0.15) is 11.5 Å². The highest BCUT2D eigenvalue weighted by Crippen LogP contribution is 2.24. The predicted molar refractivity (Wildman–Crippen MR) is 105 cm³/mol. The molecule has 126 valence electrons. The van der Waals surface area contributed by atoms with Crippen molar-refractivity contribution in [1.82, 2.24) is 0 Å². The number of hydrazone groups is 1. The van der Waals surface area contributed by atoms with Gasteiger partial charge in [-0.05, 0) is 85.1 Å². The molecule has 3 rings (SSSR count). The molecule has 3 nitrogen and oxygen atoms in total. The van der Waals surface area contributed by atoms with Crippen molar-refractivity contribution in [3.63, 3.8) is 0 Å². The van der Waals surface area contributed by atoms with Crippen LogP contribution < -0.4 is 10.2 Å². The fourth-order valence-electron chi connectivity index (χ4n) is 2.49. The molecule has 0 aliphatic carbocycles. The quantitative estimate of drug-likeness (QED) is 0.439. The SMILES string of the molecule is Cc1cc(C)cc(Oc2ccc(C=NNc3cccc(Cl)c3)cc2)c1. The molecular weight excluding hydrogens is 332 g/mol. The summed E-state index contributed by atoms with van der Waals surface area (Å²) in [5, 5.41) is 4.89. The Morgan fingerprint density at radius 2 is 1.60 bits per heavy atom. The van der Waals surface area contributed by atoms with Crippen LogP contribution in [0.15, 0.2) is 71.8 Å². The van der Waals surface area contributed by atoms with Crippen molar-refractivity contribution in [3.8, 4) is 11.5 Å². The summed E-state index contributed by atoms with van der Waals surface area (Å²) < 4.78 is 5.91. The van der Waals surface area contributed by atoms with E-state index in [1.807, 2.05) is 60.7 Å². The second-order valence-electron chi connectivity index (χ2n) is 5.87. The Kier molecular flexibility index (Phi) is 5.36. The normalized spacial score (nSPS) is 10.8. The molecule has 0 aliphatic heterocycles. The Morgan fingerprint density at radius 1 is 0.880 bits per heavy atom. The van der Waals surface area contributed by atoms with Crippen LogP contribution in [-0.4, -0.2) is 6.21 Å². The van der Waals surface area contributed by atoms with Crippen LogP contribution >= 0.6 is 11.6 Å². The average molecular weight is 351 g/mol. The third-order valence-corrected chi connectivity index (χ3v) is 3.78. The number of anilines is 1. The zero-order valence-corrected chi connectivity index (χ0v) is 14.9. The van der Waals surface area contributed by atoms with Gasteiger partial charge in [0.15, 0.2) is 0 Å². The fourth-order valence-corrected chi connectivity index (χ4v) is 2.68. The van der Waals surface area contributed by atoms with Gasteiger partial charge in [-0.15, -0.1) is 0 Å². The third kappa shape index (κ3) is 5.10. The zero-order chi connectivity index (χ0) is 17.6. The van der Waals surface area contributed by atoms with Gasteiger partial charge >= 0.3 is 0 Å². The van der Waals surface area contributed by atoms with Crippen LogP contribution in [-0.2, 0) is 0 Å². The van der Waals surface area contributed by atoms with Gasteiger partial charge in [0.25, 0.3) is 0 Å². The van der Waals surface area contributed by atoms with Gasteiger partial charge in [-0.25, -0.2) is 0 Å². The zero-order valence-electron chi connectivity index (χ0n) is 14.2. The number of nitrogens with one attached hydrogen (secondary N) is 1. The van der Waals surface area contributed by atoms with Crippen LogP contribution in [0.4, 0.5) is 5.69 Å². The Labute approximate surface area is 152 Å². The number of halogens is 1. The molecule has 0 fully saturated rings. The maximum atomic E-state index is 5.94. The summed E-state index contributed by atoms with van der Waals surface area (Å²) in [7, 11) is 0. The lowest BCUT2D eigenvalue weighted by Gasteiger charge is -2.08. The molecule has 0 radical (unpaired) electrons. The van der Waals surface area contributed by atoms with E-state index in [2.05, 4.69) is 30.4 Å². The van der Waals surface area contributed by atoms with E-state index in [4.69, 9.17) is 16.3 Å². The molecular formula is C21H19ClN2O. The topological polar surface area (TPSA) is 33.6 Å². The Balaban J connectivity index is 1.62. The van der Waals surface area contributed by atoms with Gasteiger partial charge in [-0.2, -0.15) is 5.10 Å². The number of hydrogen-bond donors (Lipinski definition) is 1. The summed E-state index contributed by atoms with van der Waals surface area (Å²) in [6.45, 7) is 4.12. The molecule has 0 bridgehead atoms. The van der Waals surface area contributed by atoms with E-state index in [1.54, 1.807) is 6.21 Å². The maximum Gasteiger partial charge on any atom is 0.127 e. The van der Waals surface area contributed by atoms with Gasteiger partial charge in [0.2, 0.25) is 0 Å². The van der Waals surface area contributed by atoms with Gasteiger partial charge in [-0.3, -0.25) is 5.43 Å². The number of benzene rings is 3. The lowest BCUT2D eigenvalue weighted by atomic mass is 10.1. The van der Waals surface area contributed by atoms with Crippen LogP contribution in [0.1, 0.15) is 16.7 Å². The van der Waals surface area contributed by atoms with Gasteiger partial charge < -0.3 is 4.74 Å². The first-order valence-corrected chi connectivity index (χ1v) is 8.37. The van der Waals surface area contributed by atoms with E-state index in [0.29, 0.717) is 5.02 Å². The molecule has 4 heteroatoms. The first-order chi connectivity index (χ1) is 12.1. The standard InChI is InChI=1S/C21H19ClN2O/c1-15-10-16(2)12-21(11-15)25-20-8-6-17(7-9-20)14-23-24-19-5-3-4-18(22)13-19/h3-14,24H,1-2H3. The highest BCUT2D eigenvalue weighted by atomic mass is 35.5. The summed E-state index contributed by atoms with van der Waals surface area (Å²) in [5.74, 6) is 1.64. The van der Waals surface area contributed by atoms with Crippen LogP contribution in [0.5, 0.6) is 11.5 Å². The molecule has 25 heavy (non-hydrogen) atoms. The first kappa shape index (κ1) is 17.1. The molecule has 0 amide bonds. The number of rotatable bonds is 5. The smallest absolute Gasteiger partial charge is 0.127 e. The van der Waals surface area contributed by atoms with E-state index < -0.39 is 0 Å². The average Bonchev–Trinajstić information content (AvgIpc) is 2.56. The van der Waals surface area contributed by atoms with Crippen molar-refractivity contribution in [2.45, 2.75) is 13.8 Å². The van der Waals surface area contributed by atoms with Gasteiger partial charge in [-0.1, -0.05) is 23.7 Å². The van der Waals surface area contributed by atoms with E-state index in [0.717, 1.165) is 22.7 Å².